The number of aryl methyl sites for hydroxylation is 1. The van der Waals surface area contributed by atoms with Gasteiger partial charge in [-0.25, -0.2) is 4.39 Å². The first-order chi connectivity index (χ1) is 8.72. The molecule has 2 fully saturated rings. The van der Waals surface area contributed by atoms with Gasteiger partial charge in [-0.15, -0.1) is 0 Å². The van der Waals surface area contributed by atoms with E-state index in [0.717, 1.165) is 29.9 Å². The van der Waals surface area contributed by atoms with Crippen LogP contribution in [0.25, 0.3) is 0 Å². The van der Waals surface area contributed by atoms with Crippen LogP contribution >= 0.6 is 0 Å². The Balaban J connectivity index is 1.85. The Hall–Kier alpha value is -0.890. The molecule has 0 aromatic heterocycles. The summed E-state index contributed by atoms with van der Waals surface area (Å²) in [6.07, 6.45) is 4.21. The molecule has 18 heavy (non-hydrogen) atoms. The molecule has 2 aliphatic rings. The second-order valence-corrected chi connectivity index (χ2v) is 5.87. The monoisotopic (exact) mass is 247 g/mol. The van der Waals surface area contributed by atoms with Gasteiger partial charge in [-0.3, -0.25) is 0 Å². The van der Waals surface area contributed by atoms with Gasteiger partial charge in [0, 0.05) is 6.04 Å². The molecule has 1 nitrogen and oxygen atoms in total. The van der Waals surface area contributed by atoms with E-state index in [2.05, 4.69) is 12.2 Å². The molecule has 3 unspecified atom stereocenters. The van der Waals surface area contributed by atoms with Gasteiger partial charge in [0.1, 0.15) is 5.82 Å². The van der Waals surface area contributed by atoms with E-state index in [1.807, 2.05) is 13.0 Å². The maximum Gasteiger partial charge on any atom is 0.123 e. The van der Waals surface area contributed by atoms with Crippen molar-refractivity contribution in [2.24, 2.45) is 17.8 Å². The molecular formula is C16H22FN. The van der Waals surface area contributed by atoms with Gasteiger partial charge in [0.15, 0.2) is 0 Å². The first-order valence-corrected chi connectivity index (χ1v) is 7.21. The van der Waals surface area contributed by atoms with Crippen LogP contribution in [0, 0.1) is 30.5 Å². The van der Waals surface area contributed by atoms with E-state index >= 15 is 0 Å². The van der Waals surface area contributed by atoms with Crippen LogP contribution in [0.3, 0.4) is 0 Å². The van der Waals surface area contributed by atoms with E-state index in [0.29, 0.717) is 6.04 Å². The Bertz CT molecular complexity index is 433. The first kappa shape index (κ1) is 12.2. The number of benzene rings is 1. The van der Waals surface area contributed by atoms with E-state index in [4.69, 9.17) is 0 Å². The highest BCUT2D eigenvalue weighted by Crippen LogP contribution is 2.62. The standard InChI is InChI=1S/C16H22FN/c1-3-18-16(15-13-5-4-6-14(13)15)12-8-7-11(17)9-10(12)2/h7-9,13-16,18H,3-6H2,1-2H3. The highest BCUT2D eigenvalue weighted by molar-refractivity contribution is 5.32. The smallest absolute Gasteiger partial charge is 0.123 e. The average molecular weight is 247 g/mol. The summed E-state index contributed by atoms with van der Waals surface area (Å²) in [6.45, 7) is 5.17. The van der Waals surface area contributed by atoms with Crippen molar-refractivity contribution >= 4 is 0 Å². The van der Waals surface area contributed by atoms with Crippen molar-refractivity contribution in [1.29, 1.82) is 0 Å². The Labute approximate surface area is 109 Å². The third-order valence-electron chi connectivity index (χ3n) is 4.85. The first-order valence-electron chi connectivity index (χ1n) is 7.21. The van der Waals surface area contributed by atoms with Gasteiger partial charge in [0.2, 0.25) is 0 Å². The van der Waals surface area contributed by atoms with E-state index in [9.17, 15) is 4.39 Å². The van der Waals surface area contributed by atoms with Crippen LogP contribution in [0.4, 0.5) is 4.39 Å². The summed E-state index contributed by atoms with van der Waals surface area (Å²) in [5, 5.41) is 3.63. The number of hydrogen-bond acceptors (Lipinski definition) is 1. The van der Waals surface area contributed by atoms with Crippen molar-refractivity contribution in [2.75, 3.05) is 6.54 Å². The molecule has 1 aromatic rings. The maximum atomic E-state index is 13.2. The molecule has 0 amide bonds. The molecule has 0 aliphatic heterocycles. The van der Waals surface area contributed by atoms with Crippen LogP contribution in [-0.2, 0) is 0 Å². The summed E-state index contributed by atoms with van der Waals surface area (Å²) < 4.78 is 13.2. The average Bonchev–Trinajstić information content (AvgIpc) is 2.80. The van der Waals surface area contributed by atoms with Crippen LogP contribution in [-0.4, -0.2) is 6.54 Å². The molecule has 3 atom stereocenters. The summed E-state index contributed by atoms with van der Waals surface area (Å²) in [7, 11) is 0. The van der Waals surface area contributed by atoms with Crippen molar-refractivity contribution in [2.45, 2.75) is 39.2 Å². The van der Waals surface area contributed by atoms with Gasteiger partial charge in [-0.2, -0.15) is 0 Å². The molecule has 0 radical (unpaired) electrons. The molecule has 0 spiro atoms. The maximum absolute atomic E-state index is 13.2. The van der Waals surface area contributed by atoms with Crippen LogP contribution < -0.4 is 5.32 Å². The highest BCUT2D eigenvalue weighted by atomic mass is 19.1. The van der Waals surface area contributed by atoms with Crippen LogP contribution in [0.5, 0.6) is 0 Å². The second kappa shape index (κ2) is 4.65. The van der Waals surface area contributed by atoms with Crippen molar-refractivity contribution in [3.63, 3.8) is 0 Å². The third-order valence-corrected chi connectivity index (χ3v) is 4.85. The zero-order valence-corrected chi connectivity index (χ0v) is 11.2. The van der Waals surface area contributed by atoms with Crippen LogP contribution in [0.15, 0.2) is 18.2 Å². The third kappa shape index (κ3) is 1.97. The molecule has 2 aliphatic carbocycles. The van der Waals surface area contributed by atoms with Gasteiger partial charge >= 0.3 is 0 Å². The molecule has 0 bridgehead atoms. The van der Waals surface area contributed by atoms with Crippen LogP contribution in [0.1, 0.15) is 43.4 Å². The SMILES string of the molecule is CCNC(c1ccc(F)cc1C)C1C2CCCC21. The van der Waals surface area contributed by atoms with Gasteiger partial charge in [0.25, 0.3) is 0 Å². The lowest BCUT2D eigenvalue weighted by Gasteiger charge is -2.22. The quantitative estimate of drug-likeness (QED) is 0.852. The molecule has 98 valence electrons. The fourth-order valence-corrected chi connectivity index (χ4v) is 4.03. The second-order valence-electron chi connectivity index (χ2n) is 5.87. The fourth-order valence-electron chi connectivity index (χ4n) is 4.03. The molecule has 0 heterocycles. The van der Waals surface area contributed by atoms with E-state index in [1.165, 1.54) is 24.8 Å². The molecule has 2 heteroatoms. The lowest BCUT2D eigenvalue weighted by Crippen LogP contribution is -2.25. The van der Waals surface area contributed by atoms with Crippen molar-refractivity contribution in [3.8, 4) is 0 Å². The molecule has 2 saturated carbocycles. The van der Waals surface area contributed by atoms with Gasteiger partial charge < -0.3 is 5.32 Å². The van der Waals surface area contributed by atoms with E-state index in [-0.39, 0.29) is 5.82 Å². The Kier molecular flexibility index (Phi) is 3.14. The zero-order chi connectivity index (χ0) is 12.7. The summed E-state index contributed by atoms with van der Waals surface area (Å²) in [4.78, 5) is 0. The largest absolute Gasteiger partial charge is 0.310 e. The van der Waals surface area contributed by atoms with E-state index < -0.39 is 0 Å². The molecule has 0 saturated heterocycles. The van der Waals surface area contributed by atoms with Gasteiger partial charge in [-0.1, -0.05) is 19.4 Å². The number of rotatable bonds is 4. The van der Waals surface area contributed by atoms with Crippen LogP contribution in [0.2, 0.25) is 0 Å². The minimum Gasteiger partial charge on any atom is -0.310 e. The normalized spacial score (nSPS) is 31.2. The lowest BCUT2D eigenvalue weighted by molar-refractivity contribution is 0.424. The number of halogens is 1. The Morgan fingerprint density at radius 1 is 1.33 bits per heavy atom. The predicted molar refractivity (Wildman–Crippen MR) is 71.9 cm³/mol. The van der Waals surface area contributed by atoms with Gasteiger partial charge in [-0.05, 0) is 67.3 Å². The number of fused-ring (bicyclic) bond motifs is 1. The highest BCUT2D eigenvalue weighted by Gasteiger charge is 2.55. The molecule has 3 rings (SSSR count). The minimum atomic E-state index is -0.123. The summed E-state index contributed by atoms with van der Waals surface area (Å²) in [5.41, 5.74) is 2.39. The molecule has 1 aromatic carbocycles. The van der Waals surface area contributed by atoms with Crippen molar-refractivity contribution < 1.29 is 4.39 Å². The van der Waals surface area contributed by atoms with Gasteiger partial charge in [0.05, 0.1) is 0 Å². The zero-order valence-electron chi connectivity index (χ0n) is 11.2. The Morgan fingerprint density at radius 2 is 2.06 bits per heavy atom. The predicted octanol–water partition coefficient (Wildman–Crippen LogP) is 3.83. The summed E-state index contributed by atoms with van der Waals surface area (Å²) >= 11 is 0. The molecular weight excluding hydrogens is 225 g/mol. The van der Waals surface area contributed by atoms with Crippen molar-refractivity contribution in [3.05, 3.63) is 35.1 Å². The summed E-state index contributed by atoms with van der Waals surface area (Å²) in [6, 6.07) is 5.68. The minimum absolute atomic E-state index is 0.123. The lowest BCUT2D eigenvalue weighted by atomic mass is 9.93. The van der Waals surface area contributed by atoms with E-state index in [1.54, 1.807) is 12.1 Å². The fraction of sp³-hybridized carbons (Fsp3) is 0.625. The Morgan fingerprint density at radius 3 is 2.67 bits per heavy atom. The molecule has 1 N–H and O–H groups in total. The summed E-state index contributed by atoms with van der Waals surface area (Å²) in [5.74, 6) is 2.53. The van der Waals surface area contributed by atoms with Crippen molar-refractivity contribution in [1.82, 2.24) is 5.32 Å². The topological polar surface area (TPSA) is 12.0 Å². The number of hydrogen-bond donors (Lipinski definition) is 1. The number of nitrogens with one attached hydrogen (secondary N) is 1.